The Morgan fingerprint density at radius 3 is 2.88 bits per heavy atom. The van der Waals surface area contributed by atoms with Crippen molar-refractivity contribution < 1.29 is 8.78 Å². The van der Waals surface area contributed by atoms with E-state index in [1.165, 1.54) is 12.1 Å². The first-order chi connectivity index (χ1) is 11.5. The summed E-state index contributed by atoms with van der Waals surface area (Å²) in [6.07, 6.45) is 3.65. The molecule has 24 heavy (non-hydrogen) atoms. The number of benzene rings is 1. The van der Waals surface area contributed by atoms with Gasteiger partial charge in [0.05, 0.1) is 0 Å². The van der Waals surface area contributed by atoms with Gasteiger partial charge in [0.25, 0.3) is 0 Å². The number of likely N-dealkylation sites (tertiary alicyclic amines) is 1. The standard InChI is InChI=1S/C18H22F2N4/c1-13-8-18(22-12-21-13)23(2)16-4-3-7-24(11-16)10-14-9-15(19)5-6-17(14)20/h5-6,8-9,12,16H,3-4,7,10-11H2,1-2H3. The number of aromatic nitrogens is 2. The van der Waals surface area contributed by atoms with Crippen LogP contribution in [0.3, 0.4) is 0 Å². The van der Waals surface area contributed by atoms with Gasteiger partial charge in [-0.3, -0.25) is 4.90 Å². The molecule has 1 aromatic carbocycles. The minimum atomic E-state index is -0.395. The van der Waals surface area contributed by atoms with E-state index in [0.717, 1.165) is 43.5 Å². The maximum absolute atomic E-state index is 13.9. The van der Waals surface area contributed by atoms with Crippen molar-refractivity contribution in [3.63, 3.8) is 0 Å². The number of piperidine rings is 1. The minimum Gasteiger partial charge on any atom is -0.355 e. The van der Waals surface area contributed by atoms with E-state index in [0.29, 0.717) is 18.2 Å². The first-order valence-corrected chi connectivity index (χ1v) is 8.20. The van der Waals surface area contributed by atoms with Crippen LogP contribution in [-0.4, -0.2) is 41.0 Å². The topological polar surface area (TPSA) is 32.3 Å². The Hall–Kier alpha value is -2.08. The highest BCUT2D eigenvalue weighted by Crippen LogP contribution is 2.22. The highest BCUT2D eigenvalue weighted by Gasteiger charge is 2.24. The molecule has 0 spiro atoms. The van der Waals surface area contributed by atoms with Crippen molar-refractivity contribution in [2.45, 2.75) is 32.4 Å². The Labute approximate surface area is 141 Å². The zero-order valence-corrected chi connectivity index (χ0v) is 14.0. The van der Waals surface area contributed by atoms with Crippen LogP contribution >= 0.6 is 0 Å². The molecular formula is C18H22F2N4. The number of rotatable bonds is 4. The second kappa shape index (κ2) is 7.21. The van der Waals surface area contributed by atoms with E-state index in [1.807, 2.05) is 20.0 Å². The second-order valence-electron chi connectivity index (χ2n) is 6.40. The molecule has 1 aliphatic rings. The number of halogens is 2. The third-order valence-electron chi connectivity index (χ3n) is 4.58. The van der Waals surface area contributed by atoms with Crippen molar-refractivity contribution >= 4 is 5.82 Å². The van der Waals surface area contributed by atoms with E-state index in [4.69, 9.17) is 0 Å². The van der Waals surface area contributed by atoms with Gasteiger partial charge in [-0.15, -0.1) is 0 Å². The summed E-state index contributed by atoms with van der Waals surface area (Å²) in [5.41, 5.74) is 1.34. The molecule has 0 amide bonds. The summed E-state index contributed by atoms with van der Waals surface area (Å²) in [4.78, 5) is 12.8. The number of hydrogen-bond donors (Lipinski definition) is 0. The lowest BCUT2D eigenvalue weighted by Crippen LogP contribution is -2.46. The summed E-state index contributed by atoms with van der Waals surface area (Å²) in [5.74, 6) is 0.151. The molecule has 1 saturated heterocycles. The molecule has 1 aliphatic heterocycles. The average Bonchev–Trinajstić information content (AvgIpc) is 2.58. The first-order valence-electron chi connectivity index (χ1n) is 8.20. The monoisotopic (exact) mass is 332 g/mol. The van der Waals surface area contributed by atoms with E-state index in [2.05, 4.69) is 19.8 Å². The third-order valence-corrected chi connectivity index (χ3v) is 4.58. The summed E-state index contributed by atoms with van der Waals surface area (Å²) in [5, 5.41) is 0. The molecule has 6 heteroatoms. The van der Waals surface area contributed by atoms with Crippen LogP contribution in [0.4, 0.5) is 14.6 Å². The number of hydrogen-bond acceptors (Lipinski definition) is 4. The lowest BCUT2D eigenvalue weighted by molar-refractivity contribution is 0.196. The molecule has 0 radical (unpaired) electrons. The zero-order chi connectivity index (χ0) is 17.1. The van der Waals surface area contributed by atoms with Crippen molar-refractivity contribution in [3.05, 3.63) is 53.5 Å². The quantitative estimate of drug-likeness (QED) is 0.861. The molecule has 4 nitrogen and oxygen atoms in total. The van der Waals surface area contributed by atoms with Crippen LogP contribution in [-0.2, 0) is 6.54 Å². The number of anilines is 1. The highest BCUT2D eigenvalue weighted by molar-refractivity contribution is 5.39. The number of nitrogens with zero attached hydrogens (tertiary/aromatic N) is 4. The lowest BCUT2D eigenvalue weighted by Gasteiger charge is -2.38. The summed E-state index contributed by atoms with van der Waals surface area (Å²) in [7, 11) is 2.03. The molecule has 0 saturated carbocycles. The van der Waals surface area contributed by atoms with Crippen molar-refractivity contribution in [3.8, 4) is 0 Å². The van der Waals surface area contributed by atoms with Crippen LogP contribution in [0.2, 0.25) is 0 Å². The molecule has 1 fully saturated rings. The molecular weight excluding hydrogens is 310 g/mol. The van der Waals surface area contributed by atoms with Crippen LogP contribution in [0.1, 0.15) is 24.1 Å². The van der Waals surface area contributed by atoms with Crippen LogP contribution in [0.25, 0.3) is 0 Å². The van der Waals surface area contributed by atoms with Gasteiger partial charge in [0.1, 0.15) is 23.8 Å². The van der Waals surface area contributed by atoms with Crippen LogP contribution < -0.4 is 4.90 Å². The van der Waals surface area contributed by atoms with E-state index in [-0.39, 0.29) is 5.82 Å². The van der Waals surface area contributed by atoms with Gasteiger partial charge in [0.15, 0.2) is 0 Å². The lowest BCUT2D eigenvalue weighted by atomic mass is 10.0. The molecule has 2 heterocycles. The van der Waals surface area contributed by atoms with Crippen LogP contribution in [0.15, 0.2) is 30.6 Å². The summed E-state index contributed by atoms with van der Waals surface area (Å²) < 4.78 is 27.2. The van der Waals surface area contributed by atoms with Crippen molar-refractivity contribution in [1.29, 1.82) is 0 Å². The third kappa shape index (κ3) is 3.87. The Bertz CT molecular complexity index is 707. The fourth-order valence-electron chi connectivity index (χ4n) is 3.22. The van der Waals surface area contributed by atoms with E-state index >= 15 is 0 Å². The summed E-state index contributed by atoms with van der Waals surface area (Å²) in [6.45, 7) is 4.06. The molecule has 0 aliphatic carbocycles. The van der Waals surface area contributed by atoms with Gasteiger partial charge >= 0.3 is 0 Å². The molecule has 1 aromatic heterocycles. The zero-order valence-electron chi connectivity index (χ0n) is 14.0. The van der Waals surface area contributed by atoms with Crippen molar-refractivity contribution in [1.82, 2.24) is 14.9 Å². The highest BCUT2D eigenvalue weighted by atomic mass is 19.1. The molecule has 1 unspecified atom stereocenters. The van der Waals surface area contributed by atoms with Gasteiger partial charge in [-0.05, 0) is 44.5 Å². The van der Waals surface area contributed by atoms with Gasteiger partial charge < -0.3 is 4.90 Å². The maximum Gasteiger partial charge on any atom is 0.132 e. The summed E-state index contributed by atoms with van der Waals surface area (Å²) >= 11 is 0. The largest absolute Gasteiger partial charge is 0.355 e. The Balaban J connectivity index is 1.69. The smallest absolute Gasteiger partial charge is 0.132 e. The van der Waals surface area contributed by atoms with Gasteiger partial charge in [-0.2, -0.15) is 0 Å². The van der Waals surface area contributed by atoms with E-state index < -0.39 is 5.82 Å². The maximum atomic E-state index is 13.9. The predicted molar refractivity (Wildman–Crippen MR) is 89.8 cm³/mol. The SMILES string of the molecule is Cc1cc(N(C)C2CCCN(Cc3cc(F)ccc3F)C2)ncn1. The normalized spacial score (nSPS) is 18.6. The fraction of sp³-hybridized carbons (Fsp3) is 0.444. The molecule has 1 atom stereocenters. The average molecular weight is 332 g/mol. The van der Waals surface area contributed by atoms with Gasteiger partial charge in [0, 0.05) is 43.5 Å². The first kappa shape index (κ1) is 16.8. The number of aryl methyl sites for hydroxylation is 1. The number of likely N-dealkylation sites (N-methyl/N-ethyl adjacent to an activating group) is 1. The second-order valence-corrected chi connectivity index (χ2v) is 6.40. The predicted octanol–water partition coefficient (Wildman–Crippen LogP) is 3.16. The van der Waals surface area contributed by atoms with Crippen molar-refractivity contribution in [2.24, 2.45) is 0 Å². The minimum absolute atomic E-state index is 0.296. The van der Waals surface area contributed by atoms with Gasteiger partial charge in [0.2, 0.25) is 0 Å². The summed E-state index contributed by atoms with van der Waals surface area (Å²) in [6, 6.07) is 5.90. The van der Waals surface area contributed by atoms with Crippen molar-refractivity contribution in [2.75, 3.05) is 25.0 Å². The Morgan fingerprint density at radius 2 is 2.08 bits per heavy atom. The molecule has 0 N–H and O–H groups in total. The Kier molecular flexibility index (Phi) is 5.04. The van der Waals surface area contributed by atoms with Crippen LogP contribution in [0, 0.1) is 18.6 Å². The van der Waals surface area contributed by atoms with E-state index in [1.54, 1.807) is 6.33 Å². The molecule has 3 rings (SSSR count). The van der Waals surface area contributed by atoms with E-state index in [9.17, 15) is 8.78 Å². The van der Waals surface area contributed by atoms with Gasteiger partial charge in [-0.25, -0.2) is 18.7 Å². The van der Waals surface area contributed by atoms with Crippen LogP contribution in [0.5, 0.6) is 0 Å². The fourth-order valence-corrected chi connectivity index (χ4v) is 3.22. The van der Waals surface area contributed by atoms with Gasteiger partial charge in [-0.1, -0.05) is 0 Å². The molecule has 128 valence electrons. The molecule has 2 aromatic rings. The molecule has 0 bridgehead atoms. The Morgan fingerprint density at radius 1 is 1.25 bits per heavy atom.